The van der Waals surface area contributed by atoms with E-state index >= 15 is 0 Å². The number of nitrogens with zero attached hydrogens (tertiary/aromatic N) is 3. The molecule has 0 aliphatic heterocycles. The molecule has 2 aromatic heterocycles. The van der Waals surface area contributed by atoms with Crippen molar-refractivity contribution >= 4 is 23.4 Å². The van der Waals surface area contributed by atoms with E-state index in [1.807, 2.05) is 13.8 Å². The standard InChI is InChI=1S/C9H8ClN3OS/c1-5-6(2)13-8(7(10)12-5)15-9-11-3-4-14-9/h3-4H,1-2H3. The zero-order chi connectivity index (χ0) is 10.8. The van der Waals surface area contributed by atoms with E-state index < -0.39 is 0 Å². The van der Waals surface area contributed by atoms with Crippen LogP contribution in [0.4, 0.5) is 0 Å². The van der Waals surface area contributed by atoms with Crippen molar-refractivity contribution in [2.24, 2.45) is 0 Å². The molecule has 0 spiro atoms. The molecule has 0 saturated heterocycles. The van der Waals surface area contributed by atoms with Crippen LogP contribution in [0.15, 0.2) is 27.1 Å². The minimum Gasteiger partial charge on any atom is -0.440 e. The number of aryl methyl sites for hydroxylation is 2. The van der Waals surface area contributed by atoms with Crippen LogP contribution in [0.2, 0.25) is 5.15 Å². The zero-order valence-electron chi connectivity index (χ0n) is 8.19. The number of rotatable bonds is 2. The third-order valence-electron chi connectivity index (χ3n) is 1.83. The van der Waals surface area contributed by atoms with Gasteiger partial charge in [-0.05, 0) is 25.6 Å². The minimum atomic E-state index is 0.376. The van der Waals surface area contributed by atoms with E-state index in [1.165, 1.54) is 18.0 Å². The lowest BCUT2D eigenvalue weighted by Gasteiger charge is -2.03. The van der Waals surface area contributed by atoms with Crippen LogP contribution >= 0.6 is 23.4 Å². The third-order valence-corrected chi connectivity index (χ3v) is 3.06. The molecule has 0 aliphatic rings. The van der Waals surface area contributed by atoms with Crippen molar-refractivity contribution in [3.8, 4) is 0 Å². The van der Waals surface area contributed by atoms with Gasteiger partial charge in [0.15, 0.2) is 5.15 Å². The van der Waals surface area contributed by atoms with E-state index in [-0.39, 0.29) is 0 Å². The highest BCUT2D eigenvalue weighted by atomic mass is 35.5. The number of halogens is 1. The Labute approximate surface area is 96.1 Å². The second-order valence-corrected chi connectivity index (χ2v) is 4.19. The Morgan fingerprint density at radius 2 is 2.00 bits per heavy atom. The topological polar surface area (TPSA) is 51.8 Å². The van der Waals surface area contributed by atoms with Crippen LogP contribution in [0.1, 0.15) is 11.4 Å². The van der Waals surface area contributed by atoms with Gasteiger partial charge in [-0.25, -0.2) is 15.0 Å². The average molecular weight is 242 g/mol. The Bertz CT molecular complexity index is 472. The molecule has 6 heteroatoms. The van der Waals surface area contributed by atoms with Crippen molar-refractivity contribution in [3.05, 3.63) is 29.0 Å². The van der Waals surface area contributed by atoms with Gasteiger partial charge >= 0.3 is 0 Å². The van der Waals surface area contributed by atoms with Crippen LogP contribution in [0, 0.1) is 13.8 Å². The quantitative estimate of drug-likeness (QED) is 0.809. The molecule has 0 aliphatic carbocycles. The highest BCUT2D eigenvalue weighted by Crippen LogP contribution is 2.29. The van der Waals surface area contributed by atoms with Crippen molar-refractivity contribution in [1.29, 1.82) is 0 Å². The van der Waals surface area contributed by atoms with E-state index in [2.05, 4.69) is 15.0 Å². The molecule has 2 heterocycles. The van der Waals surface area contributed by atoms with Gasteiger partial charge in [-0.1, -0.05) is 11.6 Å². The molecule has 0 aromatic carbocycles. The summed E-state index contributed by atoms with van der Waals surface area (Å²) in [7, 11) is 0. The first-order chi connectivity index (χ1) is 7.16. The van der Waals surface area contributed by atoms with E-state index in [4.69, 9.17) is 16.0 Å². The van der Waals surface area contributed by atoms with E-state index in [9.17, 15) is 0 Å². The Balaban J connectivity index is 2.33. The highest BCUT2D eigenvalue weighted by molar-refractivity contribution is 7.99. The van der Waals surface area contributed by atoms with Gasteiger partial charge in [0.1, 0.15) is 11.3 Å². The molecule has 0 saturated carbocycles. The molecule has 2 rings (SSSR count). The number of aromatic nitrogens is 3. The summed E-state index contributed by atoms with van der Waals surface area (Å²) in [6.07, 6.45) is 3.08. The summed E-state index contributed by atoms with van der Waals surface area (Å²) in [5.41, 5.74) is 1.69. The van der Waals surface area contributed by atoms with Crippen molar-refractivity contribution in [3.63, 3.8) is 0 Å². The lowest BCUT2D eigenvalue weighted by molar-refractivity contribution is 0.454. The lowest BCUT2D eigenvalue weighted by atomic mass is 10.4. The average Bonchev–Trinajstić information content (AvgIpc) is 2.67. The molecule has 0 unspecified atom stereocenters. The molecule has 78 valence electrons. The minimum absolute atomic E-state index is 0.376. The Hall–Kier alpha value is -1.07. The van der Waals surface area contributed by atoms with Gasteiger partial charge in [-0.3, -0.25) is 0 Å². The van der Waals surface area contributed by atoms with Gasteiger partial charge in [-0.15, -0.1) is 0 Å². The van der Waals surface area contributed by atoms with E-state index in [0.717, 1.165) is 11.4 Å². The molecular formula is C9H8ClN3OS. The van der Waals surface area contributed by atoms with Crippen LogP contribution in [0.3, 0.4) is 0 Å². The molecule has 15 heavy (non-hydrogen) atoms. The SMILES string of the molecule is Cc1nc(Cl)c(Sc2ncco2)nc1C. The smallest absolute Gasteiger partial charge is 0.262 e. The predicted octanol–water partition coefficient (Wildman–Crippen LogP) is 2.89. The molecule has 0 atom stereocenters. The molecular weight excluding hydrogens is 234 g/mol. The Morgan fingerprint density at radius 3 is 2.67 bits per heavy atom. The van der Waals surface area contributed by atoms with Crippen LogP contribution in [-0.4, -0.2) is 15.0 Å². The molecule has 0 fully saturated rings. The highest BCUT2D eigenvalue weighted by Gasteiger charge is 2.10. The fourth-order valence-electron chi connectivity index (χ4n) is 0.964. The van der Waals surface area contributed by atoms with Gasteiger partial charge in [0, 0.05) is 0 Å². The number of hydrogen-bond acceptors (Lipinski definition) is 5. The van der Waals surface area contributed by atoms with Crippen LogP contribution in [0.25, 0.3) is 0 Å². The van der Waals surface area contributed by atoms with Crippen LogP contribution < -0.4 is 0 Å². The largest absolute Gasteiger partial charge is 0.440 e. The van der Waals surface area contributed by atoms with Gasteiger partial charge in [0.2, 0.25) is 0 Å². The Morgan fingerprint density at radius 1 is 1.27 bits per heavy atom. The summed E-state index contributed by atoms with van der Waals surface area (Å²) in [5.74, 6) is 0. The van der Waals surface area contributed by atoms with Gasteiger partial charge in [-0.2, -0.15) is 0 Å². The fraction of sp³-hybridized carbons (Fsp3) is 0.222. The van der Waals surface area contributed by atoms with Crippen molar-refractivity contribution in [2.75, 3.05) is 0 Å². The summed E-state index contributed by atoms with van der Waals surface area (Å²) < 4.78 is 5.09. The van der Waals surface area contributed by atoms with E-state index in [1.54, 1.807) is 6.20 Å². The number of hydrogen-bond donors (Lipinski definition) is 0. The molecule has 0 amide bonds. The Kier molecular flexibility index (Phi) is 2.93. The van der Waals surface area contributed by atoms with Crippen molar-refractivity contribution < 1.29 is 4.42 Å². The molecule has 4 nitrogen and oxygen atoms in total. The van der Waals surface area contributed by atoms with Crippen LogP contribution in [0.5, 0.6) is 0 Å². The van der Waals surface area contributed by atoms with E-state index in [0.29, 0.717) is 15.4 Å². The van der Waals surface area contributed by atoms with Crippen molar-refractivity contribution in [2.45, 2.75) is 24.1 Å². The maximum atomic E-state index is 5.95. The zero-order valence-corrected chi connectivity index (χ0v) is 9.76. The maximum Gasteiger partial charge on any atom is 0.262 e. The summed E-state index contributed by atoms with van der Waals surface area (Å²) >= 11 is 7.21. The lowest BCUT2D eigenvalue weighted by Crippen LogP contribution is -1.94. The summed E-state index contributed by atoms with van der Waals surface area (Å²) in [6.45, 7) is 3.76. The van der Waals surface area contributed by atoms with Gasteiger partial charge in [0.25, 0.3) is 5.22 Å². The monoisotopic (exact) mass is 241 g/mol. The molecule has 2 aromatic rings. The maximum absolute atomic E-state index is 5.95. The second kappa shape index (κ2) is 4.20. The number of oxazole rings is 1. The predicted molar refractivity (Wildman–Crippen MR) is 57.1 cm³/mol. The molecule has 0 N–H and O–H groups in total. The normalized spacial score (nSPS) is 10.6. The summed E-state index contributed by atoms with van der Waals surface area (Å²) in [6, 6.07) is 0. The van der Waals surface area contributed by atoms with Crippen LogP contribution in [-0.2, 0) is 0 Å². The van der Waals surface area contributed by atoms with Gasteiger partial charge < -0.3 is 4.42 Å². The summed E-state index contributed by atoms with van der Waals surface area (Å²) in [4.78, 5) is 12.5. The first-order valence-corrected chi connectivity index (χ1v) is 5.44. The summed E-state index contributed by atoms with van der Waals surface area (Å²) in [5, 5.41) is 1.50. The molecule has 0 radical (unpaired) electrons. The second-order valence-electron chi connectivity index (χ2n) is 2.89. The van der Waals surface area contributed by atoms with Crippen molar-refractivity contribution in [1.82, 2.24) is 15.0 Å². The third kappa shape index (κ3) is 2.30. The molecule has 0 bridgehead atoms. The van der Waals surface area contributed by atoms with Gasteiger partial charge in [0.05, 0.1) is 17.6 Å². The first kappa shape index (κ1) is 10.4. The first-order valence-electron chi connectivity index (χ1n) is 4.25. The fourth-order valence-corrected chi connectivity index (χ4v) is 1.94.